The van der Waals surface area contributed by atoms with E-state index in [1.165, 1.54) is 22.9 Å². The Morgan fingerprint density at radius 1 is 1.30 bits per heavy atom. The second-order valence-corrected chi connectivity index (χ2v) is 7.62. The van der Waals surface area contributed by atoms with Crippen LogP contribution in [0.15, 0.2) is 29.2 Å². The number of carbonyl (C=O) groups excluding carboxylic acids is 2. The highest BCUT2D eigenvalue weighted by Crippen LogP contribution is 2.32. The number of carbonyl (C=O) groups is 2. The predicted octanol–water partition coefficient (Wildman–Crippen LogP) is 1.01. The molecule has 0 bridgehead atoms. The van der Waals surface area contributed by atoms with Gasteiger partial charge in [-0.05, 0) is 19.4 Å². The summed E-state index contributed by atoms with van der Waals surface area (Å²) in [6.07, 6.45) is 1.25. The topological polar surface area (TPSA) is 109 Å². The van der Waals surface area contributed by atoms with E-state index in [9.17, 15) is 28.3 Å². The lowest BCUT2D eigenvalue weighted by Gasteiger charge is -2.50. The third-order valence-electron chi connectivity index (χ3n) is 5.76. The molecule has 1 aromatic carbocycles. The lowest BCUT2D eigenvalue weighted by molar-refractivity contribution is -0.0366. The zero-order chi connectivity index (χ0) is 21.7. The SMILES string of the molecule is CC1CCN(Cc2ccc(F)cc2F)C2Cn3cc(C(N)=O)c(=O)c(O)c3C(=O)N12. The number of rotatable bonds is 3. The standard InChI is InChI=1S/C20H20F2N4O4/c1-10-4-5-24(7-11-2-3-12(21)6-14(11)22)15-9-25-8-13(19(23)29)17(27)18(28)16(25)20(30)26(10)15/h2-3,6,8,10,15,28H,4-5,7,9H2,1H3,(H2,23,29). The van der Waals surface area contributed by atoms with Gasteiger partial charge in [0.05, 0.1) is 6.54 Å². The van der Waals surface area contributed by atoms with Gasteiger partial charge >= 0.3 is 0 Å². The third kappa shape index (κ3) is 3.13. The fourth-order valence-electron chi connectivity index (χ4n) is 4.19. The first kappa shape index (κ1) is 20.0. The van der Waals surface area contributed by atoms with Crippen LogP contribution in [0.25, 0.3) is 0 Å². The second-order valence-electron chi connectivity index (χ2n) is 7.62. The van der Waals surface area contributed by atoms with Crippen LogP contribution < -0.4 is 11.2 Å². The van der Waals surface area contributed by atoms with E-state index < -0.39 is 46.4 Å². The summed E-state index contributed by atoms with van der Waals surface area (Å²) in [6, 6.07) is 3.16. The number of fused-ring (bicyclic) bond motifs is 2. The number of aromatic hydroxyl groups is 1. The molecule has 0 saturated carbocycles. The quantitative estimate of drug-likeness (QED) is 0.773. The van der Waals surface area contributed by atoms with Gasteiger partial charge in [-0.2, -0.15) is 0 Å². The number of nitrogens with two attached hydrogens (primary N) is 1. The van der Waals surface area contributed by atoms with Gasteiger partial charge in [-0.1, -0.05) is 6.07 Å². The smallest absolute Gasteiger partial charge is 0.276 e. The molecule has 2 aliphatic rings. The Morgan fingerprint density at radius 3 is 2.70 bits per heavy atom. The van der Waals surface area contributed by atoms with Crippen LogP contribution in [0.3, 0.4) is 0 Å². The number of benzene rings is 1. The highest BCUT2D eigenvalue weighted by Gasteiger charge is 2.43. The molecule has 158 valence electrons. The molecule has 4 rings (SSSR count). The minimum Gasteiger partial charge on any atom is -0.503 e. The molecule has 0 aliphatic carbocycles. The van der Waals surface area contributed by atoms with Crippen molar-refractivity contribution in [2.24, 2.45) is 5.73 Å². The Balaban J connectivity index is 1.75. The minimum atomic E-state index is -1.01. The van der Waals surface area contributed by atoms with Crippen LogP contribution in [-0.4, -0.2) is 50.0 Å². The van der Waals surface area contributed by atoms with E-state index in [-0.39, 0.29) is 30.4 Å². The Kier molecular flexibility index (Phi) is 4.81. The molecule has 10 heteroatoms. The van der Waals surface area contributed by atoms with Gasteiger partial charge in [-0.3, -0.25) is 19.3 Å². The Morgan fingerprint density at radius 2 is 2.03 bits per heavy atom. The summed E-state index contributed by atoms with van der Waals surface area (Å²) in [7, 11) is 0. The maximum atomic E-state index is 14.2. The number of nitrogens with zero attached hydrogens (tertiary/aromatic N) is 3. The van der Waals surface area contributed by atoms with Gasteiger partial charge in [-0.15, -0.1) is 0 Å². The summed E-state index contributed by atoms with van der Waals surface area (Å²) in [4.78, 5) is 40.4. The lowest BCUT2D eigenvalue weighted by atomic mass is 10.0. The van der Waals surface area contributed by atoms with Gasteiger partial charge in [0.1, 0.15) is 23.4 Å². The predicted molar refractivity (Wildman–Crippen MR) is 102 cm³/mol. The number of aromatic nitrogens is 1. The molecule has 8 nitrogen and oxygen atoms in total. The maximum absolute atomic E-state index is 14.2. The second kappa shape index (κ2) is 7.21. The van der Waals surface area contributed by atoms with E-state index in [4.69, 9.17) is 5.73 Å². The van der Waals surface area contributed by atoms with Gasteiger partial charge in [0, 0.05) is 37.0 Å². The maximum Gasteiger partial charge on any atom is 0.276 e. The number of primary amides is 1. The molecule has 3 N–H and O–H groups in total. The van der Waals surface area contributed by atoms with Crippen LogP contribution in [0.5, 0.6) is 5.75 Å². The first-order valence-corrected chi connectivity index (χ1v) is 9.46. The molecule has 2 aromatic rings. The van der Waals surface area contributed by atoms with Gasteiger partial charge in [0.25, 0.3) is 11.8 Å². The van der Waals surface area contributed by atoms with E-state index in [1.54, 1.807) is 4.90 Å². The summed E-state index contributed by atoms with van der Waals surface area (Å²) >= 11 is 0. The average molecular weight is 418 g/mol. The molecule has 1 fully saturated rings. The summed E-state index contributed by atoms with van der Waals surface area (Å²) in [5.41, 5.74) is 3.89. The molecule has 2 unspecified atom stereocenters. The van der Waals surface area contributed by atoms with Gasteiger partial charge in [0.15, 0.2) is 11.4 Å². The van der Waals surface area contributed by atoms with E-state index in [2.05, 4.69) is 0 Å². The molecule has 0 radical (unpaired) electrons. The van der Waals surface area contributed by atoms with E-state index in [0.717, 1.165) is 6.07 Å². The molecule has 2 atom stereocenters. The molecule has 30 heavy (non-hydrogen) atoms. The Labute approximate surface area is 170 Å². The number of hydrogen-bond acceptors (Lipinski definition) is 5. The fourth-order valence-corrected chi connectivity index (χ4v) is 4.19. The molecule has 3 heterocycles. The highest BCUT2D eigenvalue weighted by atomic mass is 19.1. The van der Waals surface area contributed by atoms with Crippen LogP contribution in [-0.2, 0) is 13.1 Å². The molecule has 2 amide bonds. The molecule has 2 aliphatic heterocycles. The fraction of sp³-hybridized carbons (Fsp3) is 0.350. The summed E-state index contributed by atoms with van der Waals surface area (Å²) in [5.74, 6) is -3.75. The molecule has 1 aromatic heterocycles. The van der Waals surface area contributed by atoms with E-state index in [0.29, 0.717) is 13.0 Å². The Bertz CT molecular complexity index is 1120. The Hall–Kier alpha value is -3.27. The van der Waals surface area contributed by atoms with E-state index >= 15 is 0 Å². The van der Waals surface area contributed by atoms with Crippen LogP contribution >= 0.6 is 0 Å². The minimum absolute atomic E-state index is 0.136. The van der Waals surface area contributed by atoms with Crippen molar-refractivity contribution >= 4 is 11.8 Å². The van der Waals surface area contributed by atoms with Crippen molar-refractivity contribution in [3.8, 4) is 5.75 Å². The largest absolute Gasteiger partial charge is 0.503 e. The van der Waals surface area contributed by atoms with Crippen molar-refractivity contribution in [2.75, 3.05) is 6.54 Å². The zero-order valence-corrected chi connectivity index (χ0v) is 16.1. The van der Waals surface area contributed by atoms with Crippen molar-refractivity contribution in [1.82, 2.24) is 14.4 Å². The van der Waals surface area contributed by atoms with Crippen molar-refractivity contribution in [3.63, 3.8) is 0 Å². The number of hydrogen-bond donors (Lipinski definition) is 2. The van der Waals surface area contributed by atoms with Gasteiger partial charge in [-0.25, -0.2) is 8.78 Å². The number of halogens is 2. The summed E-state index contributed by atoms with van der Waals surface area (Å²) < 4.78 is 28.8. The summed E-state index contributed by atoms with van der Waals surface area (Å²) in [6.45, 7) is 2.68. The van der Waals surface area contributed by atoms with Crippen LogP contribution in [0.2, 0.25) is 0 Å². The molecular formula is C20H20F2N4O4. The first-order chi connectivity index (χ1) is 14.2. The monoisotopic (exact) mass is 418 g/mol. The van der Waals surface area contributed by atoms with Crippen LogP contribution in [0.4, 0.5) is 8.78 Å². The first-order valence-electron chi connectivity index (χ1n) is 9.46. The van der Waals surface area contributed by atoms with Gasteiger partial charge in [0.2, 0.25) is 5.43 Å². The van der Waals surface area contributed by atoms with Crippen molar-refractivity contribution < 1.29 is 23.5 Å². The van der Waals surface area contributed by atoms with Gasteiger partial charge < -0.3 is 20.3 Å². The normalized spacial score (nSPS) is 21.3. The summed E-state index contributed by atoms with van der Waals surface area (Å²) in [5, 5.41) is 10.3. The van der Waals surface area contributed by atoms with Crippen LogP contribution in [0.1, 0.15) is 39.8 Å². The van der Waals surface area contributed by atoms with Crippen LogP contribution in [0, 0.1) is 11.6 Å². The molecular weight excluding hydrogens is 398 g/mol. The van der Waals surface area contributed by atoms with E-state index in [1.807, 2.05) is 11.8 Å². The zero-order valence-electron chi connectivity index (χ0n) is 16.1. The molecule has 1 saturated heterocycles. The highest BCUT2D eigenvalue weighted by molar-refractivity contribution is 5.98. The molecule has 0 spiro atoms. The van der Waals surface area contributed by atoms with Crippen molar-refractivity contribution in [2.45, 2.75) is 38.6 Å². The van der Waals surface area contributed by atoms with Crippen molar-refractivity contribution in [3.05, 3.63) is 63.1 Å². The third-order valence-corrected chi connectivity index (χ3v) is 5.76. The lowest BCUT2D eigenvalue weighted by Crippen LogP contribution is -2.63. The number of amides is 2. The van der Waals surface area contributed by atoms with Crippen molar-refractivity contribution in [1.29, 1.82) is 0 Å². The average Bonchev–Trinajstić information content (AvgIpc) is 2.68. The number of pyridine rings is 1.